The summed E-state index contributed by atoms with van der Waals surface area (Å²) in [7, 11) is 1.89. The Balaban J connectivity index is 1.77. The number of rotatable bonds is 6. The zero-order chi connectivity index (χ0) is 17.8. The topological polar surface area (TPSA) is 98.1 Å². The van der Waals surface area contributed by atoms with Crippen LogP contribution in [0.3, 0.4) is 0 Å². The van der Waals surface area contributed by atoms with Gasteiger partial charge in [0.2, 0.25) is 0 Å². The zero-order valence-electron chi connectivity index (χ0n) is 13.7. The highest BCUT2D eigenvalue weighted by Crippen LogP contribution is 2.27. The summed E-state index contributed by atoms with van der Waals surface area (Å²) in [5.74, 6) is 0.743. The maximum absolute atomic E-state index is 12.0. The van der Waals surface area contributed by atoms with Gasteiger partial charge in [-0.3, -0.25) is 0 Å². The molecule has 0 radical (unpaired) electrons. The maximum Gasteiger partial charge on any atom is 0.337 e. The fourth-order valence-electron chi connectivity index (χ4n) is 2.27. The Labute approximate surface area is 152 Å². The number of nitrogens with one attached hydrogen (secondary N) is 2. The van der Waals surface area contributed by atoms with Crippen LogP contribution in [-0.2, 0) is 16.6 Å². The molecule has 0 saturated carbocycles. The first-order valence-corrected chi connectivity index (χ1v) is 9.46. The van der Waals surface area contributed by atoms with Crippen molar-refractivity contribution < 1.29 is 14.3 Å². The second-order valence-corrected chi connectivity index (χ2v) is 7.01. The number of nitrogens with zero attached hydrogens (tertiary/aromatic N) is 3. The van der Waals surface area contributed by atoms with Gasteiger partial charge in [0.25, 0.3) is 0 Å². The fourth-order valence-corrected chi connectivity index (χ4v) is 3.91. The average molecular weight is 379 g/mol. The highest BCUT2D eigenvalue weighted by atomic mass is 32.2. The van der Waals surface area contributed by atoms with Crippen molar-refractivity contribution in [3.63, 3.8) is 0 Å². The van der Waals surface area contributed by atoms with Crippen molar-refractivity contribution in [2.45, 2.75) is 12.1 Å². The molecule has 132 valence electrons. The van der Waals surface area contributed by atoms with Crippen molar-refractivity contribution in [1.29, 1.82) is 0 Å². The first kappa shape index (κ1) is 17.5. The molecule has 2 aromatic heterocycles. The van der Waals surface area contributed by atoms with E-state index in [2.05, 4.69) is 20.8 Å². The van der Waals surface area contributed by atoms with E-state index < -0.39 is 5.97 Å². The highest BCUT2D eigenvalue weighted by Gasteiger charge is 2.24. The molecular formula is C15H17N5O3S2. The molecule has 1 aliphatic rings. The van der Waals surface area contributed by atoms with Crippen molar-refractivity contribution in [2.24, 2.45) is 7.05 Å². The Morgan fingerprint density at radius 3 is 3.04 bits per heavy atom. The molecule has 8 nitrogen and oxygen atoms in total. The Morgan fingerprint density at radius 1 is 1.48 bits per heavy atom. The molecule has 0 aliphatic carbocycles. The van der Waals surface area contributed by atoms with Gasteiger partial charge in [-0.1, -0.05) is 17.8 Å². The summed E-state index contributed by atoms with van der Waals surface area (Å²) in [5.41, 5.74) is 0.961. The molecule has 0 saturated heterocycles. The lowest BCUT2D eigenvalue weighted by molar-refractivity contribution is -0.138. The van der Waals surface area contributed by atoms with Crippen LogP contribution in [0.4, 0.5) is 4.79 Å². The SMILES string of the molecule is CCOC(=O)C1=C(CSc2nnc(-c3cccs3)n2C)NC(=O)NC1. The molecule has 10 heteroatoms. The predicted molar refractivity (Wildman–Crippen MR) is 95.2 cm³/mol. The standard InChI is InChI=1S/C15H17N5O3S2/c1-3-23-13(21)9-7-16-14(22)17-10(9)8-25-15-19-18-12(20(15)2)11-5-4-6-24-11/h4-6H,3,7-8H2,1-2H3,(H2,16,17,22). The molecular weight excluding hydrogens is 362 g/mol. The Bertz CT molecular complexity index is 813. The molecule has 0 atom stereocenters. The minimum Gasteiger partial charge on any atom is -0.463 e. The second kappa shape index (κ2) is 7.70. The van der Waals surface area contributed by atoms with E-state index >= 15 is 0 Å². The largest absolute Gasteiger partial charge is 0.463 e. The molecule has 0 aromatic carbocycles. The number of hydrogen-bond acceptors (Lipinski definition) is 7. The summed E-state index contributed by atoms with van der Waals surface area (Å²) in [6, 6.07) is 3.61. The number of thiophene rings is 1. The molecule has 1 aliphatic heterocycles. The van der Waals surface area contributed by atoms with E-state index in [0.717, 1.165) is 10.7 Å². The highest BCUT2D eigenvalue weighted by molar-refractivity contribution is 7.99. The maximum atomic E-state index is 12.0. The van der Waals surface area contributed by atoms with E-state index in [0.29, 0.717) is 22.2 Å². The van der Waals surface area contributed by atoms with Gasteiger partial charge in [0.15, 0.2) is 11.0 Å². The lowest BCUT2D eigenvalue weighted by Crippen LogP contribution is -2.44. The monoisotopic (exact) mass is 379 g/mol. The van der Waals surface area contributed by atoms with Crippen LogP contribution in [0.15, 0.2) is 33.9 Å². The summed E-state index contributed by atoms with van der Waals surface area (Å²) in [6.45, 7) is 2.18. The summed E-state index contributed by atoms with van der Waals surface area (Å²) in [4.78, 5) is 24.7. The molecule has 0 spiro atoms. The van der Waals surface area contributed by atoms with Gasteiger partial charge in [-0.05, 0) is 18.4 Å². The predicted octanol–water partition coefficient (Wildman–Crippen LogP) is 1.77. The average Bonchev–Trinajstić information content (AvgIpc) is 3.23. The molecule has 0 fully saturated rings. The normalized spacial score (nSPS) is 14.2. The van der Waals surface area contributed by atoms with Crippen LogP contribution in [0.25, 0.3) is 10.7 Å². The summed E-state index contributed by atoms with van der Waals surface area (Å²) < 4.78 is 6.94. The Hall–Kier alpha value is -2.33. The van der Waals surface area contributed by atoms with E-state index in [1.807, 2.05) is 29.1 Å². The van der Waals surface area contributed by atoms with Crippen LogP contribution in [0, 0.1) is 0 Å². The molecule has 25 heavy (non-hydrogen) atoms. The third-order valence-corrected chi connectivity index (χ3v) is 5.41. The number of urea groups is 1. The zero-order valence-corrected chi connectivity index (χ0v) is 15.4. The number of carbonyl (C=O) groups excluding carboxylic acids is 2. The summed E-state index contributed by atoms with van der Waals surface area (Å²) in [5, 5.41) is 16.4. The van der Waals surface area contributed by atoms with E-state index in [1.165, 1.54) is 11.8 Å². The second-order valence-electron chi connectivity index (χ2n) is 5.12. The minimum atomic E-state index is -0.428. The lowest BCUT2D eigenvalue weighted by atomic mass is 10.2. The number of ether oxygens (including phenoxy) is 1. The smallest absolute Gasteiger partial charge is 0.337 e. The van der Waals surface area contributed by atoms with Gasteiger partial charge < -0.3 is 19.9 Å². The van der Waals surface area contributed by atoms with Crippen LogP contribution in [0.1, 0.15) is 6.92 Å². The van der Waals surface area contributed by atoms with Crippen molar-refractivity contribution in [3.8, 4) is 10.7 Å². The number of hydrogen-bond donors (Lipinski definition) is 2. The first-order chi connectivity index (χ1) is 12.1. The molecule has 3 heterocycles. The third kappa shape index (κ3) is 3.85. The first-order valence-electron chi connectivity index (χ1n) is 7.60. The van der Waals surface area contributed by atoms with Crippen LogP contribution in [0.2, 0.25) is 0 Å². The van der Waals surface area contributed by atoms with Crippen molar-refractivity contribution in [3.05, 3.63) is 28.8 Å². The Kier molecular flexibility index (Phi) is 5.39. The fraction of sp³-hybridized carbons (Fsp3) is 0.333. The van der Waals surface area contributed by atoms with Gasteiger partial charge in [0, 0.05) is 18.5 Å². The van der Waals surface area contributed by atoms with Gasteiger partial charge in [-0.25, -0.2) is 9.59 Å². The van der Waals surface area contributed by atoms with Crippen LogP contribution in [0.5, 0.6) is 0 Å². The lowest BCUT2D eigenvalue weighted by Gasteiger charge is -2.20. The number of esters is 1. The number of carbonyl (C=O) groups is 2. The third-order valence-electron chi connectivity index (χ3n) is 3.50. The van der Waals surface area contributed by atoms with E-state index in [9.17, 15) is 9.59 Å². The van der Waals surface area contributed by atoms with Gasteiger partial charge >= 0.3 is 12.0 Å². The molecule has 2 aromatic rings. The van der Waals surface area contributed by atoms with Crippen LogP contribution >= 0.6 is 23.1 Å². The van der Waals surface area contributed by atoms with Crippen LogP contribution < -0.4 is 10.6 Å². The van der Waals surface area contributed by atoms with Crippen molar-refractivity contribution in [1.82, 2.24) is 25.4 Å². The molecule has 0 unspecified atom stereocenters. The number of thioether (sulfide) groups is 1. The van der Waals surface area contributed by atoms with Gasteiger partial charge in [-0.15, -0.1) is 21.5 Å². The number of aromatic nitrogens is 3. The summed E-state index contributed by atoms with van der Waals surface area (Å²) >= 11 is 2.99. The van der Waals surface area contributed by atoms with E-state index in [4.69, 9.17) is 4.74 Å². The molecule has 2 N–H and O–H groups in total. The molecule has 3 rings (SSSR count). The van der Waals surface area contributed by atoms with Gasteiger partial charge in [-0.2, -0.15) is 0 Å². The van der Waals surface area contributed by atoms with Gasteiger partial charge in [0.05, 0.1) is 23.6 Å². The quantitative estimate of drug-likeness (QED) is 0.586. The number of amides is 2. The summed E-state index contributed by atoms with van der Waals surface area (Å²) in [6.07, 6.45) is 0. The van der Waals surface area contributed by atoms with E-state index in [1.54, 1.807) is 18.3 Å². The van der Waals surface area contributed by atoms with Crippen molar-refractivity contribution >= 4 is 35.1 Å². The van der Waals surface area contributed by atoms with Crippen LogP contribution in [-0.4, -0.2) is 45.7 Å². The van der Waals surface area contributed by atoms with E-state index in [-0.39, 0.29) is 19.2 Å². The Morgan fingerprint density at radius 2 is 2.32 bits per heavy atom. The molecule has 2 amide bonds. The molecule has 0 bridgehead atoms. The van der Waals surface area contributed by atoms with Gasteiger partial charge in [0.1, 0.15) is 0 Å². The van der Waals surface area contributed by atoms with Crippen molar-refractivity contribution in [2.75, 3.05) is 18.9 Å². The minimum absolute atomic E-state index is 0.153.